The van der Waals surface area contributed by atoms with E-state index in [0.29, 0.717) is 5.56 Å². The molecule has 11 N–H and O–H groups in total. The topological polar surface area (TPSA) is 463 Å². The predicted octanol–water partition coefficient (Wildman–Crippen LogP) is -3.22. The Bertz CT molecular complexity index is 2900. The third kappa shape index (κ3) is 16.7. The number of ether oxygens (including phenoxy) is 15. The van der Waals surface area contributed by atoms with Crippen LogP contribution in [0.4, 0.5) is 0 Å². The summed E-state index contributed by atoms with van der Waals surface area (Å²) in [5.41, 5.74) is 0.647. The molecular formula is C59H76O32. The van der Waals surface area contributed by atoms with Crippen LogP contribution in [0.2, 0.25) is 0 Å². The van der Waals surface area contributed by atoms with Crippen molar-refractivity contribution in [2.24, 2.45) is 17.8 Å². The summed E-state index contributed by atoms with van der Waals surface area (Å²) in [4.78, 5) is 79.4. The molecule has 32 nitrogen and oxygen atoms in total. The number of hydrogen-bond donors (Lipinski definition) is 11. The molecule has 504 valence electrons. The lowest BCUT2D eigenvalue weighted by atomic mass is 9.86. The summed E-state index contributed by atoms with van der Waals surface area (Å²) in [6.07, 6.45) is -24.3. The van der Waals surface area contributed by atoms with Gasteiger partial charge in [0.05, 0.1) is 95.9 Å². The molecule has 0 amide bonds. The maximum absolute atomic E-state index is 13.7. The summed E-state index contributed by atoms with van der Waals surface area (Å²) in [7, 11) is 3.29. The number of carbonyl (C=O) groups excluding carboxylic acids is 6. The number of hydrogen-bond acceptors (Lipinski definition) is 32. The van der Waals surface area contributed by atoms with Crippen LogP contribution in [0.15, 0.2) is 94.7 Å². The van der Waals surface area contributed by atoms with E-state index in [1.165, 1.54) is 44.2 Å². The van der Waals surface area contributed by atoms with Gasteiger partial charge in [-0.1, -0.05) is 30.4 Å². The van der Waals surface area contributed by atoms with Crippen molar-refractivity contribution in [3.8, 4) is 5.75 Å². The van der Waals surface area contributed by atoms with Crippen molar-refractivity contribution in [3.05, 3.63) is 100 Å². The molecule has 1 aromatic carbocycles. The molecule has 0 aromatic heterocycles. The van der Waals surface area contributed by atoms with E-state index in [4.69, 9.17) is 71.1 Å². The maximum Gasteiger partial charge on any atom is 0.337 e. The van der Waals surface area contributed by atoms with Crippen LogP contribution >= 0.6 is 0 Å². The van der Waals surface area contributed by atoms with Crippen LogP contribution in [-0.2, 0) is 102 Å². The van der Waals surface area contributed by atoms with Gasteiger partial charge in [0.25, 0.3) is 0 Å². The van der Waals surface area contributed by atoms with Crippen molar-refractivity contribution in [1.82, 2.24) is 0 Å². The van der Waals surface area contributed by atoms with E-state index < -0.39 is 204 Å². The number of carbonyl (C=O) groups is 6. The lowest BCUT2D eigenvalue weighted by molar-refractivity contribution is -0.328. The quantitative estimate of drug-likeness (QED) is 0.0222. The first-order valence-electron chi connectivity index (χ1n) is 28.7. The second-order valence-electron chi connectivity index (χ2n) is 21.3. The highest BCUT2D eigenvalue weighted by atomic mass is 16.8. The van der Waals surface area contributed by atoms with Crippen LogP contribution in [0.3, 0.4) is 0 Å². The number of rotatable bonds is 23. The predicted molar refractivity (Wildman–Crippen MR) is 296 cm³/mol. The van der Waals surface area contributed by atoms with Gasteiger partial charge in [-0.2, -0.15) is 0 Å². The molecular weight excluding hydrogens is 1220 g/mol. The average molecular weight is 1300 g/mol. The third-order valence-electron chi connectivity index (χ3n) is 15.8. The smallest absolute Gasteiger partial charge is 0.337 e. The zero-order chi connectivity index (χ0) is 66.5. The van der Waals surface area contributed by atoms with E-state index in [-0.39, 0.29) is 52.2 Å². The summed E-state index contributed by atoms with van der Waals surface area (Å²) in [5.74, 6) is -8.61. The van der Waals surface area contributed by atoms with E-state index in [1.54, 1.807) is 19.1 Å². The highest BCUT2D eigenvalue weighted by Gasteiger charge is 2.51. The molecule has 0 spiro atoms. The molecule has 0 saturated carbocycles. The summed E-state index contributed by atoms with van der Waals surface area (Å²) >= 11 is 0. The zero-order valence-corrected chi connectivity index (χ0v) is 50.0. The maximum atomic E-state index is 13.7. The monoisotopic (exact) mass is 1300 g/mol. The minimum Gasteiger partial charge on any atom is -0.468 e. The van der Waals surface area contributed by atoms with Crippen LogP contribution in [0.5, 0.6) is 5.75 Å². The first-order valence-corrected chi connectivity index (χ1v) is 28.7. The van der Waals surface area contributed by atoms with E-state index in [9.17, 15) is 84.9 Å². The standard InChI is InChI=1S/C59H76O32/c1-7-27-30(33(51(74)77-4)21-82-54(27)89-57-48(71)45(68)42(65)36(19-60)86-57)16-39(62)80-15-14-25-10-12-26(13-11-25)85-41(64)18-32-29(9-3)56(84-23-35(32)53(76)79-6)91-59-50(73)47(70)44(67)38(88-59)24-81-40(63)17-31-28(8-2)55(83-22-34(31)52(75)78-5)90-58-49(72)46(69)43(66)37(20-61)87-58/h7-13,21-23,30-32,36-38,42-50,54-61,65-73H,14-20,24H2,1-6H3/b27-7-,28-8-,29-9-/t30-,31-,32-,36+,37+,38+,42+,43+,44+,45-,46-,47-,48+,49+,50+,54-,55-,56-,57-,58-,59-/m0/s1. The number of aliphatic hydroxyl groups excluding tert-OH is 11. The van der Waals surface area contributed by atoms with Gasteiger partial charge in [-0.3, -0.25) is 14.4 Å². The molecule has 6 aliphatic heterocycles. The molecule has 21 atom stereocenters. The number of methoxy groups -OCH3 is 3. The van der Waals surface area contributed by atoms with Crippen molar-refractivity contribution in [2.75, 3.05) is 47.8 Å². The fraction of sp³-hybridized carbons (Fsp3) is 0.593. The lowest BCUT2D eigenvalue weighted by Crippen LogP contribution is -2.60. The molecule has 0 bridgehead atoms. The fourth-order valence-electron chi connectivity index (χ4n) is 10.7. The highest BCUT2D eigenvalue weighted by molar-refractivity contribution is 5.92. The minimum atomic E-state index is -1.99. The average Bonchev–Trinajstić information content (AvgIpc) is 1.98. The van der Waals surface area contributed by atoms with Gasteiger partial charge in [-0.05, 0) is 38.5 Å². The Morgan fingerprint density at radius 2 is 0.791 bits per heavy atom. The summed E-state index contributed by atoms with van der Waals surface area (Å²) in [6.45, 7) is 2.17. The Hall–Kier alpha value is -6.80. The zero-order valence-electron chi connectivity index (χ0n) is 50.0. The van der Waals surface area contributed by atoms with E-state index in [0.717, 1.165) is 40.1 Å². The number of aliphatic hydroxyl groups is 11. The van der Waals surface area contributed by atoms with Crippen LogP contribution in [0.25, 0.3) is 0 Å². The highest BCUT2D eigenvalue weighted by Crippen LogP contribution is 2.40. The van der Waals surface area contributed by atoms with Crippen LogP contribution in [-0.4, -0.2) is 251 Å². The molecule has 32 heteroatoms. The second-order valence-corrected chi connectivity index (χ2v) is 21.3. The molecule has 6 aliphatic rings. The molecule has 3 saturated heterocycles. The second kappa shape index (κ2) is 32.7. The number of esters is 6. The first-order chi connectivity index (χ1) is 43.5. The van der Waals surface area contributed by atoms with Crippen LogP contribution in [0, 0.1) is 17.8 Å². The van der Waals surface area contributed by atoms with Crippen molar-refractivity contribution >= 4 is 35.8 Å². The van der Waals surface area contributed by atoms with Crippen LogP contribution < -0.4 is 4.74 Å². The van der Waals surface area contributed by atoms with Gasteiger partial charge >= 0.3 is 35.8 Å². The Kier molecular flexibility index (Phi) is 25.7. The third-order valence-corrected chi connectivity index (χ3v) is 15.8. The SMILES string of the molecule is C/C=C1\[C@H](O[C@@H]2O[C@H](CO)[C@@H](O)[C@H](O)[C@H]2O)OC=C(C(=O)OC)[C@H]1CC(=O)OCCc1ccc(OC(=O)C[C@@H]2C(C(=O)OC)=CO[C@@H](O[C@@H]3O[C@H](COC(=O)C[C@@H]4C(C(=O)OC)=CO[C@@H](O[C@@H]5O[C@H](CO)[C@@H](O)[C@H](O)[C@H]5O)/C4=C\C)[C@@H](O)[C@H](O)[C@H]3O)/C2=C\C)cc1. The molecule has 0 radical (unpaired) electrons. The Morgan fingerprint density at radius 1 is 0.451 bits per heavy atom. The van der Waals surface area contributed by atoms with Crippen molar-refractivity contribution < 1.29 is 156 Å². The Balaban J connectivity index is 0.935. The van der Waals surface area contributed by atoms with Crippen molar-refractivity contribution in [3.63, 3.8) is 0 Å². The Labute approximate surface area is 519 Å². The van der Waals surface area contributed by atoms with E-state index >= 15 is 0 Å². The van der Waals surface area contributed by atoms with Crippen LogP contribution in [0.1, 0.15) is 45.6 Å². The van der Waals surface area contributed by atoms with Gasteiger partial charge in [0.2, 0.25) is 18.9 Å². The molecule has 91 heavy (non-hydrogen) atoms. The molecule has 7 rings (SSSR count). The van der Waals surface area contributed by atoms with Crippen molar-refractivity contribution in [2.45, 2.75) is 157 Å². The van der Waals surface area contributed by atoms with Gasteiger partial charge < -0.3 is 127 Å². The van der Waals surface area contributed by atoms with Gasteiger partial charge in [0.15, 0.2) is 18.9 Å². The number of allylic oxidation sites excluding steroid dienone is 3. The van der Waals surface area contributed by atoms with Gasteiger partial charge in [-0.15, -0.1) is 0 Å². The van der Waals surface area contributed by atoms with E-state index in [2.05, 4.69) is 0 Å². The molecule has 0 aliphatic carbocycles. The fourth-order valence-corrected chi connectivity index (χ4v) is 10.7. The molecule has 6 heterocycles. The number of benzene rings is 1. The van der Waals surface area contributed by atoms with Gasteiger partial charge in [-0.25, -0.2) is 14.4 Å². The van der Waals surface area contributed by atoms with Crippen molar-refractivity contribution in [1.29, 1.82) is 0 Å². The first kappa shape index (κ1) is 71.6. The van der Waals surface area contributed by atoms with E-state index in [1.807, 2.05) is 0 Å². The summed E-state index contributed by atoms with van der Waals surface area (Å²) < 4.78 is 82.6. The summed E-state index contributed by atoms with van der Waals surface area (Å²) in [5, 5.41) is 115. The van der Waals surface area contributed by atoms with Gasteiger partial charge in [0, 0.05) is 40.9 Å². The Morgan fingerprint density at radius 3 is 1.14 bits per heavy atom. The normalized spacial score (nSPS) is 35.5. The molecule has 3 fully saturated rings. The summed E-state index contributed by atoms with van der Waals surface area (Å²) in [6, 6.07) is 6.09. The van der Waals surface area contributed by atoms with Gasteiger partial charge in [0.1, 0.15) is 85.6 Å². The lowest BCUT2D eigenvalue weighted by Gasteiger charge is -2.42. The largest absolute Gasteiger partial charge is 0.468 e. The molecule has 1 aromatic rings. The minimum absolute atomic E-state index is 0.0655. The molecule has 0 unspecified atom stereocenters.